The number of hydrogen-bond donors (Lipinski definition) is 1. The van der Waals surface area contributed by atoms with Crippen molar-refractivity contribution in [2.75, 3.05) is 40.4 Å². The fourth-order valence-electron chi connectivity index (χ4n) is 2.18. The number of methoxy groups -OCH3 is 1. The summed E-state index contributed by atoms with van der Waals surface area (Å²) in [6, 6.07) is 12.4. The van der Waals surface area contributed by atoms with E-state index in [-0.39, 0.29) is 0 Å². The van der Waals surface area contributed by atoms with Crippen LogP contribution in [0.25, 0.3) is 0 Å². The van der Waals surface area contributed by atoms with E-state index in [1.807, 2.05) is 37.4 Å². The van der Waals surface area contributed by atoms with Crippen molar-refractivity contribution in [2.24, 2.45) is 0 Å². The molecular formula is C16H25N3O. The molecule has 1 unspecified atom stereocenters. The zero-order valence-electron chi connectivity index (χ0n) is 12.7. The van der Waals surface area contributed by atoms with Crippen molar-refractivity contribution in [3.8, 4) is 6.07 Å². The highest BCUT2D eigenvalue weighted by Crippen LogP contribution is 2.21. The van der Waals surface area contributed by atoms with Crippen molar-refractivity contribution in [3.05, 3.63) is 35.9 Å². The lowest BCUT2D eigenvalue weighted by Crippen LogP contribution is -2.50. The Hall–Kier alpha value is -1.41. The SMILES string of the molecule is CCCNC(C#N)(CN(C)CCOC)c1ccccc1. The maximum Gasteiger partial charge on any atom is 0.145 e. The highest BCUT2D eigenvalue weighted by molar-refractivity contribution is 5.32. The molecule has 0 spiro atoms. The predicted octanol–water partition coefficient (Wildman–Crippen LogP) is 1.98. The summed E-state index contributed by atoms with van der Waals surface area (Å²) in [6.45, 7) is 5.04. The van der Waals surface area contributed by atoms with Crippen LogP contribution < -0.4 is 5.32 Å². The molecule has 0 radical (unpaired) electrons. The molecule has 0 aromatic heterocycles. The number of rotatable bonds is 9. The molecule has 1 aromatic rings. The predicted molar refractivity (Wildman–Crippen MR) is 81.4 cm³/mol. The van der Waals surface area contributed by atoms with Gasteiger partial charge in [-0.3, -0.25) is 5.32 Å². The van der Waals surface area contributed by atoms with Crippen molar-refractivity contribution in [1.29, 1.82) is 5.26 Å². The second kappa shape index (κ2) is 8.70. The van der Waals surface area contributed by atoms with Crippen LogP contribution in [0.2, 0.25) is 0 Å². The maximum absolute atomic E-state index is 9.76. The van der Waals surface area contributed by atoms with Crippen molar-refractivity contribution < 1.29 is 4.74 Å². The van der Waals surface area contributed by atoms with Crippen LogP contribution >= 0.6 is 0 Å². The van der Waals surface area contributed by atoms with Gasteiger partial charge in [0.25, 0.3) is 0 Å². The van der Waals surface area contributed by atoms with Gasteiger partial charge in [-0.05, 0) is 25.6 Å². The first-order valence-corrected chi connectivity index (χ1v) is 7.08. The Balaban J connectivity index is 2.91. The van der Waals surface area contributed by atoms with Gasteiger partial charge in [-0.1, -0.05) is 37.3 Å². The van der Waals surface area contributed by atoms with E-state index in [9.17, 15) is 5.26 Å². The van der Waals surface area contributed by atoms with Crippen LogP contribution in [0.15, 0.2) is 30.3 Å². The molecule has 0 saturated carbocycles. The first-order chi connectivity index (χ1) is 9.68. The van der Waals surface area contributed by atoms with E-state index in [0.717, 1.165) is 25.1 Å². The third-order valence-electron chi connectivity index (χ3n) is 3.32. The van der Waals surface area contributed by atoms with Crippen molar-refractivity contribution >= 4 is 0 Å². The van der Waals surface area contributed by atoms with E-state index in [0.29, 0.717) is 13.2 Å². The molecule has 4 nitrogen and oxygen atoms in total. The van der Waals surface area contributed by atoms with Gasteiger partial charge >= 0.3 is 0 Å². The first-order valence-electron chi connectivity index (χ1n) is 7.08. The van der Waals surface area contributed by atoms with Crippen LogP contribution in [0.3, 0.4) is 0 Å². The zero-order valence-corrected chi connectivity index (χ0v) is 12.7. The monoisotopic (exact) mass is 275 g/mol. The van der Waals surface area contributed by atoms with Crippen LogP contribution in [-0.2, 0) is 10.3 Å². The van der Waals surface area contributed by atoms with Gasteiger partial charge in [0.1, 0.15) is 5.54 Å². The van der Waals surface area contributed by atoms with Gasteiger partial charge < -0.3 is 9.64 Å². The number of nitrogens with one attached hydrogen (secondary N) is 1. The number of nitrogens with zero attached hydrogens (tertiary/aromatic N) is 2. The number of hydrogen-bond acceptors (Lipinski definition) is 4. The van der Waals surface area contributed by atoms with Crippen molar-refractivity contribution in [2.45, 2.75) is 18.9 Å². The highest BCUT2D eigenvalue weighted by atomic mass is 16.5. The topological polar surface area (TPSA) is 48.3 Å². The average Bonchev–Trinajstić information content (AvgIpc) is 2.50. The fraction of sp³-hybridized carbons (Fsp3) is 0.562. The standard InChI is InChI=1S/C16H25N3O/c1-4-10-18-16(13-17,14-19(2)11-12-20-3)15-8-6-5-7-9-15/h5-9,18H,4,10-12,14H2,1-3H3. The molecule has 1 atom stereocenters. The van der Waals surface area contributed by atoms with Crippen LogP contribution in [-0.4, -0.2) is 45.3 Å². The molecule has 1 N–H and O–H groups in total. The summed E-state index contributed by atoms with van der Waals surface area (Å²) in [5.74, 6) is 0. The smallest absolute Gasteiger partial charge is 0.145 e. The van der Waals surface area contributed by atoms with E-state index >= 15 is 0 Å². The number of ether oxygens (including phenoxy) is 1. The first kappa shape index (κ1) is 16.6. The summed E-state index contributed by atoms with van der Waals surface area (Å²) in [7, 11) is 3.71. The summed E-state index contributed by atoms with van der Waals surface area (Å²) >= 11 is 0. The zero-order chi connectivity index (χ0) is 14.8. The Bertz CT molecular complexity index is 415. The number of nitriles is 1. The quantitative estimate of drug-likeness (QED) is 0.748. The lowest BCUT2D eigenvalue weighted by molar-refractivity contribution is 0.148. The second-order valence-electron chi connectivity index (χ2n) is 5.04. The van der Waals surface area contributed by atoms with Gasteiger partial charge in [-0.2, -0.15) is 5.26 Å². The minimum atomic E-state index is -0.667. The molecule has 0 aliphatic heterocycles. The van der Waals surface area contributed by atoms with Crippen molar-refractivity contribution in [1.82, 2.24) is 10.2 Å². The molecular weight excluding hydrogens is 250 g/mol. The maximum atomic E-state index is 9.76. The van der Waals surface area contributed by atoms with E-state index in [4.69, 9.17) is 4.74 Å². The van der Waals surface area contributed by atoms with Gasteiger partial charge in [0, 0.05) is 20.2 Å². The summed E-state index contributed by atoms with van der Waals surface area (Å²) in [5, 5.41) is 13.2. The Morgan fingerprint density at radius 2 is 2.05 bits per heavy atom. The van der Waals surface area contributed by atoms with Gasteiger partial charge in [0.15, 0.2) is 0 Å². The Labute approximate surface area is 122 Å². The highest BCUT2D eigenvalue weighted by Gasteiger charge is 2.32. The summed E-state index contributed by atoms with van der Waals surface area (Å²) in [6.07, 6.45) is 0.998. The average molecular weight is 275 g/mol. The summed E-state index contributed by atoms with van der Waals surface area (Å²) < 4.78 is 5.10. The van der Waals surface area contributed by atoms with Crippen LogP contribution in [0.1, 0.15) is 18.9 Å². The van der Waals surface area contributed by atoms with E-state index in [2.05, 4.69) is 23.2 Å². The molecule has 0 fully saturated rings. The molecule has 0 aliphatic rings. The second-order valence-corrected chi connectivity index (χ2v) is 5.04. The molecule has 0 aliphatic carbocycles. The Kier molecular flexibility index (Phi) is 7.24. The van der Waals surface area contributed by atoms with Crippen LogP contribution in [0, 0.1) is 11.3 Å². The largest absolute Gasteiger partial charge is 0.383 e. The third kappa shape index (κ3) is 4.61. The Morgan fingerprint density at radius 1 is 1.35 bits per heavy atom. The van der Waals surface area contributed by atoms with Crippen LogP contribution in [0.5, 0.6) is 0 Å². The van der Waals surface area contributed by atoms with E-state index < -0.39 is 5.54 Å². The fourth-order valence-corrected chi connectivity index (χ4v) is 2.18. The Morgan fingerprint density at radius 3 is 2.60 bits per heavy atom. The summed E-state index contributed by atoms with van der Waals surface area (Å²) in [5.41, 5.74) is 0.347. The van der Waals surface area contributed by atoms with Crippen LogP contribution in [0.4, 0.5) is 0 Å². The van der Waals surface area contributed by atoms with E-state index in [1.54, 1.807) is 7.11 Å². The van der Waals surface area contributed by atoms with Gasteiger partial charge in [0.2, 0.25) is 0 Å². The third-order valence-corrected chi connectivity index (χ3v) is 3.32. The minimum absolute atomic E-state index is 0.636. The minimum Gasteiger partial charge on any atom is -0.383 e. The molecule has 1 aromatic carbocycles. The van der Waals surface area contributed by atoms with Gasteiger partial charge in [0.05, 0.1) is 12.7 Å². The summed E-state index contributed by atoms with van der Waals surface area (Å²) in [4.78, 5) is 2.13. The molecule has 0 saturated heterocycles. The molecule has 0 bridgehead atoms. The van der Waals surface area contributed by atoms with Gasteiger partial charge in [-0.25, -0.2) is 0 Å². The lowest BCUT2D eigenvalue weighted by atomic mass is 9.90. The molecule has 20 heavy (non-hydrogen) atoms. The van der Waals surface area contributed by atoms with E-state index in [1.165, 1.54) is 0 Å². The molecule has 0 amide bonds. The number of likely N-dealkylation sites (N-methyl/N-ethyl adjacent to an activating group) is 1. The molecule has 1 rings (SSSR count). The normalized spacial score (nSPS) is 13.9. The van der Waals surface area contributed by atoms with Crippen molar-refractivity contribution in [3.63, 3.8) is 0 Å². The number of benzene rings is 1. The molecule has 0 heterocycles. The molecule has 4 heteroatoms. The van der Waals surface area contributed by atoms with Gasteiger partial charge in [-0.15, -0.1) is 0 Å². The molecule has 110 valence electrons. The lowest BCUT2D eigenvalue weighted by Gasteiger charge is -2.32.